The smallest absolute Gasteiger partial charge is 0.224 e. The first-order chi connectivity index (χ1) is 8.66. The number of thiophene rings is 1. The lowest BCUT2D eigenvalue weighted by molar-refractivity contribution is -0.121. The monoisotopic (exact) mass is 323 g/mol. The standard InChI is InChI=1S/C14H14BrNOS/c1-10(12-4-2-3-5-13(12)15)16-14(17)8-11-6-7-18-9-11/h2-7,9-10H,8H2,1H3,(H,16,17). The predicted molar refractivity (Wildman–Crippen MR) is 78.7 cm³/mol. The summed E-state index contributed by atoms with van der Waals surface area (Å²) in [7, 11) is 0. The molecule has 0 fully saturated rings. The van der Waals surface area contributed by atoms with Crippen LogP contribution in [0.15, 0.2) is 45.6 Å². The van der Waals surface area contributed by atoms with Crippen LogP contribution in [0.25, 0.3) is 0 Å². The van der Waals surface area contributed by atoms with Crippen LogP contribution >= 0.6 is 27.3 Å². The first-order valence-electron chi connectivity index (χ1n) is 5.71. The molecule has 4 heteroatoms. The van der Waals surface area contributed by atoms with Crippen LogP contribution in [0.4, 0.5) is 0 Å². The quantitative estimate of drug-likeness (QED) is 0.907. The first kappa shape index (κ1) is 13.3. The van der Waals surface area contributed by atoms with Gasteiger partial charge in [0.05, 0.1) is 12.5 Å². The van der Waals surface area contributed by atoms with Crippen molar-refractivity contribution in [2.75, 3.05) is 0 Å². The molecular formula is C14H14BrNOS. The average Bonchev–Trinajstić information content (AvgIpc) is 2.82. The molecule has 2 rings (SSSR count). The van der Waals surface area contributed by atoms with Gasteiger partial charge in [-0.1, -0.05) is 34.1 Å². The van der Waals surface area contributed by atoms with Gasteiger partial charge in [-0.3, -0.25) is 4.79 Å². The van der Waals surface area contributed by atoms with E-state index in [0.29, 0.717) is 6.42 Å². The van der Waals surface area contributed by atoms with Crippen LogP contribution < -0.4 is 5.32 Å². The van der Waals surface area contributed by atoms with E-state index in [4.69, 9.17) is 0 Å². The molecule has 0 spiro atoms. The highest BCUT2D eigenvalue weighted by Crippen LogP contribution is 2.22. The average molecular weight is 324 g/mol. The fraction of sp³-hybridized carbons (Fsp3) is 0.214. The SMILES string of the molecule is CC(NC(=O)Cc1ccsc1)c1ccccc1Br. The predicted octanol–water partition coefficient (Wildman–Crippen LogP) is 3.93. The first-order valence-corrected chi connectivity index (χ1v) is 7.45. The minimum atomic E-state index is 0.00621. The maximum absolute atomic E-state index is 11.9. The van der Waals surface area contributed by atoms with Crippen molar-refractivity contribution in [2.45, 2.75) is 19.4 Å². The highest BCUT2D eigenvalue weighted by Gasteiger charge is 2.12. The molecule has 1 atom stereocenters. The highest BCUT2D eigenvalue weighted by molar-refractivity contribution is 9.10. The number of amides is 1. The van der Waals surface area contributed by atoms with Gasteiger partial charge in [-0.15, -0.1) is 0 Å². The largest absolute Gasteiger partial charge is 0.349 e. The van der Waals surface area contributed by atoms with E-state index in [1.54, 1.807) is 11.3 Å². The highest BCUT2D eigenvalue weighted by atomic mass is 79.9. The molecule has 0 aliphatic rings. The Kier molecular flexibility index (Phi) is 4.55. The molecule has 94 valence electrons. The Morgan fingerprint density at radius 1 is 1.39 bits per heavy atom. The van der Waals surface area contributed by atoms with Crippen molar-refractivity contribution in [2.24, 2.45) is 0 Å². The second kappa shape index (κ2) is 6.16. The van der Waals surface area contributed by atoms with E-state index < -0.39 is 0 Å². The van der Waals surface area contributed by atoms with E-state index in [-0.39, 0.29) is 11.9 Å². The molecule has 0 aliphatic heterocycles. The molecule has 1 aromatic carbocycles. The Morgan fingerprint density at radius 2 is 2.17 bits per heavy atom. The van der Waals surface area contributed by atoms with Gasteiger partial charge in [-0.2, -0.15) is 11.3 Å². The van der Waals surface area contributed by atoms with E-state index in [0.717, 1.165) is 15.6 Å². The lowest BCUT2D eigenvalue weighted by atomic mass is 10.1. The Hall–Kier alpha value is -1.13. The van der Waals surface area contributed by atoms with Gasteiger partial charge in [0.25, 0.3) is 0 Å². The van der Waals surface area contributed by atoms with Gasteiger partial charge in [-0.05, 0) is 40.9 Å². The third-order valence-electron chi connectivity index (χ3n) is 2.69. The summed E-state index contributed by atoms with van der Waals surface area (Å²) in [4.78, 5) is 11.9. The van der Waals surface area contributed by atoms with Crippen molar-refractivity contribution in [3.8, 4) is 0 Å². The molecule has 2 nitrogen and oxygen atoms in total. The summed E-state index contributed by atoms with van der Waals surface area (Å²) in [5.74, 6) is 0.0525. The molecule has 1 amide bonds. The van der Waals surface area contributed by atoms with Gasteiger partial charge in [0.15, 0.2) is 0 Å². The molecule has 0 saturated carbocycles. The van der Waals surface area contributed by atoms with Gasteiger partial charge < -0.3 is 5.32 Å². The molecule has 2 aromatic rings. The Morgan fingerprint density at radius 3 is 2.83 bits per heavy atom. The fourth-order valence-electron chi connectivity index (χ4n) is 1.78. The molecule has 1 unspecified atom stereocenters. The summed E-state index contributed by atoms with van der Waals surface area (Å²) in [6, 6.07) is 9.92. The van der Waals surface area contributed by atoms with Crippen LogP contribution in [0.3, 0.4) is 0 Å². The van der Waals surface area contributed by atoms with Crippen molar-refractivity contribution in [1.29, 1.82) is 0 Å². The maximum atomic E-state index is 11.9. The van der Waals surface area contributed by atoms with Crippen LogP contribution in [-0.2, 0) is 11.2 Å². The summed E-state index contributed by atoms with van der Waals surface area (Å²) in [6.07, 6.45) is 0.443. The minimum Gasteiger partial charge on any atom is -0.349 e. The zero-order chi connectivity index (χ0) is 13.0. The fourth-order valence-corrected chi connectivity index (χ4v) is 3.07. The van der Waals surface area contributed by atoms with Crippen molar-refractivity contribution in [3.05, 3.63) is 56.7 Å². The van der Waals surface area contributed by atoms with E-state index in [1.807, 2.05) is 48.0 Å². The zero-order valence-corrected chi connectivity index (χ0v) is 12.4. The molecule has 1 heterocycles. The van der Waals surface area contributed by atoms with E-state index >= 15 is 0 Å². The van der Waals surface area contributed by atoms with Crippen LogP contribution in [0.2, 0.25) is 0 Å². The lowest BCUT2D eigenvalue weighted by Crippen LogP contribution is -2.28. The van der Waals surface area contributed by atoms with Crippen molar-refractivity contribution >= 4 is 33.2 Å². The Balaban J connectivity index is 1.97. The molecule has 18 heavy (non-hydrogen) atoms. The number of nitrogens with one attached hydrogen (secondary N) is 1. The van der Waals surface area contributed by atoms with Crippen LogP contribution in [0, 0.1) is 0 Å². The molecule has 0 bridgehead atoms. The molecule has 0 radical (unpaired) electrons. The number of halogens is 1. The normalized spacial score (nSPS) is 12.1. The summed E-state index contributed by atoms with van der Waals surface area (Å²) in [5, 5.41) is 7.00. The van der Waals surface area contributed by atoms with E-state index in [1.165, 1.54) is 0 Å². The zero-order valence-electron chi connectivity index (χ0n) is 10.0. The van der Waals surface area contributed by atoms with Crippen LogP contribution in [0.1, 0.15) is 24.1 Å². The van der Waals surface area contributed by atoms with Gasteiger partial charge in [0.1, 0.15) is 0 Å². The molecule has 0 saturated heterocycles. The number of hydrogen-bond acceptors (Lipinski definition) is 2. The number of benzene rings is 1. The number of carbonyl (C=O) groups is 1. The number of hydrogen-bond donors (Lipinski definition) is 1. The third-order valence-corrected chi connectivity index (χ3v) is 4.15. The van der Waals surface area contributed by atoms with Crippen LogP contribution in [0.5, 0.6) is 0 Å². The Labute approximate surface area is 119 Å². The topological polar surface area (TPSA) is 29.1 Å². The summed E-state index contributed by atoms with van der Waals surface area (Å²) in [5.41, 5.74) is 2.16. The van der Waals surface area contributed by atoms with E-state index in [9.17, 15) is 4.79 Å². The number of carbonyl (C=O) groups excluding carboxylic acids is 1. The van der Waals surface area contributed by atoms with Crippen molar-refractivity contribution < 1.29 is 4.79 Å². The van der Waals surface area contributed by atoms with Crippen molar-refractivity contribution in [1.82, 2.24) is 5.32 Å². The summed E-state index contributed by atoms with van der Waals surface area (Å²) < 4.78 is 1.02. The second-order valence-electron chi connectivity index (χ2n) is 4.12. The third kappa shape index (κ3) is 3.43. The summed E-state index contributed by atoms with van der Waals surface area (Å²) in [6.45, 7) is 1.99. The minimum absolute atomic E-state index is 0.00621. The molecule has 1 aromatic heterocycles. The lowest BCUT2D eigenvalue weighted by Gasteiger charge is -2.15. The van der Waals surface area contributed by atoms with Crippen LogP contribution in [-0.4, -0.2) is 5.91 Å². The van der Waals surface area contributed by atoms with Gasteiger partial charge in [0.2, 0.25) is 5.91 Å². The van der Waals surface area contributed by atoms with Gasteiger partial charge in [0, 0.05) is 4.47 Å². The molecule has 0 aliphatic carbocycles. The Bertz CT molecular complexity index is 524. The van der Waals surface area contributed by atoms with Gasteiger partial charge in [-0.25, -0.2) is 0 Å². The van der Waals surface area contributed by atoms with Crippen molar-refractivity contribution in [3.63, 3.8) is 0 Å². The maximum Gasteiger partial charge on any atom is 0.224 e. The molecule has 1 N–H and O–H groups in total. The number of rotatable bonds is 4. The summed E-state index contributed by atoms with van der Waals surface area (Å²) >= 11 is 5.11. The second-order valence-corrected chi connectivity index (χ2v) is 5.75. The van der Waals surface area contributed by atoms with Gasteiger partial charge >= 0.3 is 0 Å². The molecular weight excluding hydrogens is 310 g/mol. The van der Waals surface area contributed by atoms with E-state index in [2.05, 4.69) is 21.2 Å².